The van der Waals surface area contributed by atoms with Crippen LogP contribution in [0.4, 0.5) is 5.69 Å². The Balaban J connectivity index is 1.20. The number of nitrogen functional groups attached to an aromatic ring is 1. The molecule has 2 aliphatic carbocycles. The van der Waals surface area contributed by atoms with Crippen molar-refractivity contribution in [3.8, 4) is 23.2 Å². The van der Waals surface area contributed by atoms with Gasteiger partial charge in [0.2, 0.25) is 5.88 Å². The number of amides is 1. The van der Waals surface area contributed by atoms with E-state index in [-0.39, 0.29) is 35.2 Å². The second kappa shape index (κ2) is 12.1. The quantitative estimate of drug-likeness (QED) is 0.213. The number of rotatable bonds is 8. The van der Waals surface area contributed by atoms with Crippen LogP contribution in [0.3, 0.4) is 0 Å². The fraction of sp³-hybridized carbons (Fsp3) is 0.486. The Labute approximate surface area is 278 Å². The predicted octanol–water partition coefficient (Wildman–Crippen LogP) is 3.51. The number of anilines is 1. The SMILES string of the molecule is CN=Cc1c(N)ccc2c1[C@]1(CCCc3c(-c4nc(O[C@@H](C)C5CCCN5C)cc(-n5ccc(C(=O)NC6COC6)n5)n4)noc31)CC2. The summed E-state index contributed by atoms with van der Waals surface area (Å²) in [6.07, 6.45) is 10.2. The van der Waals surface area contributed by atoms with Crippen LogP contribution >= 0.6 is 0 Å². The van der Waals surface area contributed by atoms with E-state index in [1.807, 2.05) is 12.3 Å². The lowest BCUT2D eigenvalue weighted by Crippen LogP contribution is -2.48. The first-order chi connectivity index (χ1) is 23.3. The molecule has 1 unspecified atom stereocenters. The van der Waals surface area contributed by atoms with Crippen molar-refractivity contribution in [1.82, 2.24) is 35.1 Å². The van der Waals surface area contributed by atoms with E-state index in [9.17, 15) is 4.79 Å². The number of hydrogen-bond donors (Lipinski definition) is 2. The average molecular weight is 652 g/mol. The maximum absolute atomic E-state index is 12.9. The predicted molar refractivity (Wildman–Crippen MR) is 179 cm³/mol. The number of benzene rings is 1. The summed E-state index contributed by atoms with van der Waals surface area (Å²) in [6.45, 7) is 4.13. The van der Waals surface area contributed by atoms with Crippen molar-refractivity contribution in [3.63, 3.8) is 0 Å². The number of ether oxygens (including phenoxy) is 2. The number of hydrogen-bond acceptors (Lipinski definition) is 11. The second-order valence-corrected chi connectivity index (χ2v) is 13.5. The zero-order chi connectivity index (χ0) is 33.0. The lowest BCUT2D eigenvalue weighted by molar-refractivity contribution is -0.00355. The van der Waals surface area contributed by atoms with Crippen molar-refractivity contribution >= 4 is 17.8 Å². The number of aromatic nitrogens is 5. The van der Waals surface area contributed by atoms with Crippen LogP contribution in [-0.2, 0) is 23.0 Å². The maximum Gasteiger partial charge on any atom is 0.272 e. The number of fused-ring (bicyclic) bond motifs is 4. The van der Waals surface area contributed by atoms with Gasteiger partial charge in [0.15, 0.2) is 28.8 Å². The Morgan fingerprint density at radius 2 is 2.08 bits per heavy atom. The van der Waals surface area contributed by atoms with Crippen LogP contribution in [0.5, 0.6) is 5.88 Å². The summed E-state index contributed by atoms with van der Waals surface area (Å²) >= 11 is 0. The first kappa shape index (κ1) is 30.7. The summed E-state index contributed by atoms with van der Waals surface area (Å²) in [5.74, 6) is 1.88. The van der Waals surface area contributed by atoms with E-state index in [0.29, 0.717) is 42.1 Å². The third kappa shape index (κ3) is 5.16. The van der Waals surface area contributed by atoms with Crippen LogP contribution in [0.2, 0.25) is 0 Å². The fourth-order valence-electron chi connectivity index (χ4n) is 8.09. The third-order valence-corrected chi connectivity index (χ3v) is 10.5. The van der Waals surface area contributed by atoms with Gasteiger partial charge in [0, 0.05) is 48.4 Å². The standard InChI is InChI=1S/C35H41N9O4/c1-20(27-7-5-14-43(27)3)47-29-16-28(44-15-11-26(41-44)34(45)38-22-18-46-19-22)39-33(40-29)31-23-6-4-12-35(32(23)48-42-31)13-10-21-8-9-25(36)24(17-37-2)30(21)35/h8-9,11,15-17,20,22,27H,4-7,10,12-14,18-19,36H2,1-3H3,(H,38,45)/t20-,27?,35-/m0/s1. The smallest absolute Gasteiger partial charge is 0.272 e. The highest BCUT2D eigenvalue weighted by Gasteiger charge is 2.49. The molecule has 4 aromatic rings. The number of aliphatic imine (C=N–C) groups is 1. The van der Waals surface area contributed by atoms with Gasteiger partial charge < -0.3 is 25.0 Å². The summed E-state index contributed by atoms with van der Waals surface area (Å²) < 4.78 is 19.6. The van der Waals surface area contributed by atoms with Gasteiger partial charge in [-0.05, 0) is 88.7 Å². The Bertz CT molecular complexity index is 1900. The van der Waals surface area contributed by atoms with Crippen LogP contribution in [0.1, 0.15) is 77.5 Å². The molecule has 1 amide bonds. The summed E-state index contributed by atoms with van der Waals surface area (Å²) in [4.78, 5) is 29.4. The van der Waals surface area contributed by atoms with Gasteiger partial charge in [0.05, 0.1) is 24.7 Å². The highest BCUT2D eigenvalue weighted by atomic mass is 16.5. The van der Waals surface area contributed by atoms with E-state index in [4.69, 9.17) is 29.7 Å². The van der Waals surface area contributed by atoms with Gasteiger partial charge >= 0.3 is 0 Å². The molecule has 2 fully saturated rings. The van der Waals surface area contributed by atoms with Crippen molar-refractivity contribution in [2.45, 2.75) is 75.5 Å². The minimum atomic E-state index is -0.353. The van der Waals surface area contributed by atoms with Gasteiger partial charge in [-0.15, -0.1) is 0 Å². The van der Waals surface area contributed by atoms with E-state index in [2.05, 4.69) is 45.5 Å². The van der Waals surface area contributed by atoms with Crippen molar-refractivity contribution in [2.75, 3.05) is 39.6 Å². The number of nitrogens with zero attached hydrogens (tertiary/aromatic N) is 7. The molecular formula is C35H41N9O4. The van der Waals surface area contributed by atoms with Crippen LogP contribution in [0, 0.1) is 0 Å². The van der Waals surface area contributed by atoms with E-state index < -0.39 is 0 Å². The van der Waals surface area contributed by atoms with E-state index >= 15 is 0 Å². The number of nitrogens with two attached hydrogens (primary N) is 1. The van der Waals surface area contributed by atoms with Gasteiger partial charge in [-0.25, -0.2) is 9.67 Å². The first-order valence-corrected chi connectivity index (χ1v) is 16.9. The van der Waals surface area contributed by atoms with Crippen LogP contribution in [0.25, 0.3) is 17.3 Å². The van der Waals surface area contributed by atoms with E-state index in [0.717, 1.165) is 68.4 Å². The van der Waals surface area contributed by atoms with Crippen LogP contribution in [-0.4, -0.2) is 94.0 Å². The third-order valence-electron chi connectivity index (χ3n) is 10.5. The molecule has 1 spiro atoms. The normalized spacial score (nSPS) is 22.9. The van der Waals surface area contributed by atoms with Crippen molar-refractivity contribution < 1.29 is 18.8 Å². The number of carbonyl (C=O) groups excluding carboxylic acids is 1. The topological polar surface area (TPSA) is 159 Å². The fourth-order valence-corrected chi connectivity index (χ4v) is 8.09. The molecule has 5 heterocycles. The molecule has 3 N–H and O–H groups in total. The molecule has 2 aliphatic heterocycles. The summed E-state index contributed by atoms with van der Waals surface area (Å²) in [5, 5.41) is 12.2. The van der Waals surface area contributed by atoms with Crippen molar-refractivity contribution in [3.05, 3.63) is 64.2 Å². The van der Waals surface area contributed by atoms with Gasteiger partial charge in [0.1, 0.15) is 6.10 Å². The van der Waals surface area contributed by atoms with Crippen LogP contribution in [0.15, 0.2) is 40.0 Å². The summed E-state index contributed by atoms with van der Waals surface area (Å²) in [6, 6.07) is 7.83. The van der Waals surface area contributed by atoms with E-state index in [1.165, 1.54) is 11.1 Å². The molecule has 0 saturated carbocycles. The molecule has 3 aromatic heterocycles. The van der Waals surface area contributed by atoms with Gasteiger partial charge in [-0.1, -0.05) is 11.2 Å². The monoisotopic (exact) mass is 651 g/mol. The zero-order valence-corrected chi connectivity index (χ0v) is 27.6. The number of likely N-dealkylation sites (N-methyl/N-ethyl adjacent to an activating group) is 1. The number of nitrogens with one attached hydrogen (secondary N) is 1. The van der Waals surface area contributed by atoms with Crippen molar-refractivity contribution in [1.29, 1.82) is 0 Å². The van der Waals surface area contributed by atoms with E-state index in [1.54, 1.807) is 30.1 Å². The Morgan fingerprint density at radius 3 is 2.85 bits per heavy atom. The molecule has 4 aliphatic rings. The molecule has 0 bridgehead atoms. The zero-order valence-electron chi connectivity index (χ0n) is 27.6. The first-order valence-electron chi connectivity index (χ1n) is 16.9. The lowest BCUT2D eigenvalue weighted by atomic mass is 9.68. The average Bonchev–Trinajstić information content (AvgIpc) is 3.87. The number of likely N-dealkylation sites (tertiary alicyclic amines) is 1. The Kier molecular flexibility index (Phi) is 7.75. The molecule has 48 heavy (non-hydrogen) atoms. The largest absolute Gasteiger partial charge is 0.473 e. The molecular weight excluding hydrogens is 610 g/mol. The molecule has 1 aromatic carbocycles. The molecule has 2 saturated heterocycles. The molecule has 8 rings (SSSR count). The minimum Gasteiger partial charge on any atom is -0.473 e. The lowest BCUT2D eigenvalue weighted by Gasteiger charge is -2.33. The molecule has 250 valence electrons. The molecule has 0 radical (unpaired) electrons. The number of aryl methyl sites for hydroxylation is 1. The van der Waals surface area contributed by atoms with Gasteiger partial charge in [0.25, 0.3) is 5.91 Å². The van der Waals surface area contributed by atoms with Gasteiger partial charge in [-0.2, -0.15) is 10.1 Å². The molecule has 13 nitrogen and oxygen atoms in total. The summed E-state index contributed by atoms with van der Waals surface area (Å²) in [5.41, 5.74) is 12.2. The highest BCUT2D eigenvalue weighted by Crippen LogP contribution is 2.54. The van der Waals surface area contributed by atoms with Gasteiger partial charge in [-0.3, -0.25) is 14.7 Å². The van der Waals surface area contributed by atoms with Crippen molar-refractivity contribution in [2.24, 2.45) is 4.99 Å². The Morgan fingerprint density at radius 1 is 1.21 bits per heavy atom. The second-order valence-electron chi connectivity index (χ2n) is 13.5. The number of carbonyl (C=O) groups is 1. The molecule has 3 atom stereocenters. The highest BCUT2D eigenvalue weighted by molar-refractivity contribution is 5.92. The van der Waals surface area contributed by atoms with Crippen LogP contribution < -0.4 is 15.8 Å². The minimum absolute atomic E-state index is 0.00115. The Hall–Kier alpha value is -4.62. The maximum atomic E-state index is 12.9. The molecule has 13 heteroatoms. The summed E-state index contributed by atoms with van der Waals surface area (Å²) in [7, 11) is 3.90.